The molecule has 0 saturated heterocycles. The number of benzene rings is 2. The van der Waals surface area contributed by atoms with E-state index in [4.69, 9.17) is 0 Å². The number of fused-ring (bicyclic) bond motifs is 1. The lowest BCUT2D eigenvalue weighted by atomic mass is 10.0. The van der Waals surface area contributed by atoms with Crippen LogP contribution in [-0.2, 0) is 11.3 Å². The molecule has 3 heterocycles. The Labute approximate surface area is 219 Å². The second-order valence-corrected chi connectivity index (χ2v) is 9.31. The molecular formula is C29H28N6O3. The Morgan fingerprint density at radius 1 is 1.05 bits per heavy atom. The van der Waals surface area contributed by atoms with E-state index >= 15 is 0 Å². The number of hydrogen-bond acceptors (Lipinski definition) is 4. The number of nitrogens with zero attached hydrogens (tertiary/aromatic N) is 1. The molecule has 1 atom stereocenters. The van der Waals surface area contributed by atoms with Crippen molar-refractivity contribution in [3.63, 3.8) is 0 Å². The average Bonchev–Trinajstić information content (AvgIpc) is 3.61. The SMILES string of the molecule is Cc1[nH]c(/C=C2\C(=O)Nc3ccc(C(=O)NC(C)c4ccccc4)cc32)c(C)c1C(=O)NCc1ccn[nH]1. The number of amides is 3. The Morgan fingerprint density at radius 2 is 1.84 bits per heavy atom. The molecule has 1 aliphatic rings. The number of aromatic nitrogens is 3. The van der Waals surface area contributed by atoms with Gasteiger partial charge in [0.2, 0.25) is 0 Å². The number of carbonyl (C=O) groups excluding carboxylic acids is 3. The summed E-state index contributed by atoms with van der Waals surface area (Å²) in [5.74, 6) is -0.726. The monoisotopic (exact) mass is 508 g/mol. The predicted molar refractivity (Wildman–Crippen MR) is 145 cm³/mol. The Kier molecular flexibility index (Phi) is 6.66. The minimum atomic E-state index is -0.271. The van der Waals surface area contributed by atoms with Crippen LogP contribution in [0.25, 0.3) is 11.6 Å². The Hall–Kier alpha value is -4.92. The maximum absolute atomic E-state index is 13.0. The number of nitrogens with one attached hydrogen (secondary N) is 5. The van der Waals surface area contributed by atoms with Gasteiger partial charge in [-0.1, -0.05) is 30.3 Å². The second-order valence-electron chi connectivity index (χ2n) is 9.31. The van der Waals surface area contributed by atoms with E-state index in [0.29, 0.717) is 45.9 Å². The van der Waals surface area contributed by atoms with Crippen molar-refractivity contribution in [2.45, 2.75) is 33.4 Å². The maximum Gasteiger partial charge on any atom is 0.256 e. The third-order valence-electron chi connectivity index (χ3n) is 6.70. The van der Waals surface area contributed by atoms with Crippen LogP contribution in [-0.4, -0.2) is 32.9 Å². The first-order valence-corrected chi connectivity index (χ1v) is 12.3. The van der Waals surface area contributed by atoms with Gasteiger partial charge in [0.15, 0.2) is 0 Å². The lowest BCUT2D eigenvalue weighted by Crippen LogP contribution is -2.26. The van der Waals surface area contributed by atoms with E-state index in [9.17, 15) is 14.4 Å². The van der Waals surface area contributed by atoms with Crippen LogP contribution in [0.5, 0.6) is 0 Å². The van der Waals surface area contributed by atoms with Crippen molar-refractivity contribution in [1.82, 2.24) is 25.8 Å². The standard InChI is InChI=1S/C29H28N6O3/c1-16-25(32-18(3)26(16)29(38)30-15-21-11-12-31-35-21)14-23-22-13-20(9-10-24(22)34-28(23)37)27(36)33-17(2)19-7-5-4-6-8-19/h4-14,17,32H,15H2,1-3H3,(H,30,38)(H,31,35)(H,33,36)(H,34,37)/b23-14-. The van der Waals surface area contributed by atoms with Crippen LogP contribution in [0.3, 0.4) is 0 Å². The van der Waals surface area contributed by atoms with Gasteiger partial charge in [0.05, 0.1) is 29.4 Å². The van der Waals surface area contributed by atoms with Crippen LogP contribution in [0.15, 0.2) is 60.8 Å². The third-order valence-corrected chi connectivity index (χ3v) is 6.70. The highest BCUT2D eigenvalue weighted by atomic mass is 16.2. The summed E-state index contributed by atoms with van der Waals surface area (Å²) < 4.78 is 0. The van der Waals surface area contributed by atoms with Gasteiger partial charge in [-0.25, -0.2) is 0 Å². The topological polar surface area (TPSA) is 132 Å². The highest BCUT2D eigenvalue weighted by Crippen LogP contribution is 2.35. The molecule has 192 valence electrons. The molecule has 0 fully saturated rings. The maximum atomic E-state index is 13.0. The van der Waals surface area contributed by atoms with Crippen LogP contribution in [0.4, 0.5) is 5.69 Å². The van der Waals surface area contributed by atoms with Crippen molar-refractivity contribution < 1.29 is 14.4 Å². The molecule has 0 radical (unpaired) electrons. The zero-order valence-corrected chi connectivity index (χ0v) is 21.3. The normalized spacial score (nSPS) is 14.2. The second kappa shape index (κ2) is 10.2. The van der Waals surface area contributed by atoms with Crippen molar-refractivity contribution in [3.8, 4) is 0 Å². The van der Waals surface area contributed by atoms with E-state index in [1.165, 1.54) is 0 Å². The van der Waals surface area contributed by atoms with Crippen molar-refractivity contribution in [3.05, 3.63) is 106 Å². The first kappa shape index (κ1) is 24.8. The molecule has 5 rings (SSSR count). The zero-order chi connectivity index (χ0) is 26.8. The highest BCUT2D eigenvalue weighted by molar-refractivity contribution is 6.35. The minimum Gasteiger partial charge on any atom is -0.358 e. The Bertz CT molecular complexity index is 1550. The number of hydrogen-bond donors (Lipinski definition) is 5. The van der Waals surface area contributed by atoms with Crippen LogP contribution >= 0.6 is 0 Å². The summed E-state index contributed by atoms with van der Waals surface area (Å²) >= 11 is 0. The summed E-state index contributed by atoms with van der Waals surface area (Å²) in [5.41, 5.74) is 6.52. The highest BCUT2D eigenvalue weighted by Gasteiger charge is 2.27. The molecule has 2 aromatic heterocycles. The molecule has 1 unspecified atom stereocenters. The summed E-state index contributed by atoms with van der Waals surface area (Å²) in [4.78, 5) is 42.0. The molecule has 38 heavy (non-hydrogen) atoms. The first-order valence-electron chi connectivity index (χ1n) is 12.3. The van der Waals surface area contributed by atoms with Crippen LogP contribution in [0.1, 0.15) is 67.5 Å². The van der Waals surface area contributed by atoms with E-state index in [1.54, 1.807) is 36.5 Å². The van der Waals surface area contributed by atoms with Crippen LogP contribution in [0.2, 0.25) is 0 Å². The van der Waals surface area contributed by atoms with E-state index in [-0.39, 0.29) is 23.8 Å². The minimum absolute atomic E-state index is 0.172. The van der Waals surface area contributed by atoms with Gasteiger partial charge in [0.1, 0.15) is 0 Å². The number of anilines is 1. The van der Waals surface area contributed by atoms with Crippen molar-refractivity contribution in [2.75, 3.05) is 5.32 Å². The molecule has 3 amide bonds. The number of aromatic amines is 2. The van der Waals surface area contributed by atoms with E-state index in [0.717, 1.165) is 16.8 Å². The summed E-state index contributed by atoms with van der Waals surface area (Å²) in [6.07, 6.45) is 3.35. The van der Waals surface area contributed by atoms with Crippen molar-refractivity contribution in [1.29, 1.82) is 0 Å². The molecule has 2 aromatic carbocycles. The summed E-state index contributed by atoms with van der Waals surface area (Å²) in [5, 5.41) is 15.5. The molecule has 9 nitrogen and oxygen atoms in total. The number of aryl methyl sites for hydroxylation is 1. The number of H-pyrrole nitrogens is 2. The van der Waals surface area contributed by atoms with Gasteiger partial charge < -0.3 is 20.9 Å². The molecule has 0 bridgehead atoms. The fourth-order valence-electron chi connectivity index (χ4n) is 4.63. The molecule has 5 N–H and O–H groups in total. The average molecular weight is 509 g/mol. The fourth-order valence-corrected chi connectivity index (χ4v) is 4.63. The van der Waals surface area contributed by atoms with Gasteiger partial charge >= 0.3 is 0 Å². The largest absolute Gasteiger partial charge is 0.358 e. The van der Waals surface area contributed by atoms with E-state index < -0.39 is 0 Å². The summed E-state index contributed by atoms with van der Waals surface area (Å²) in [6.45, 7) is 5.90. The van der Waals surface area contributed by atoms with E-state index in [1.807, 2.05) is 51.1 Å². The lowest BCUT2D eigenvalue weighted by molar-refractivity contribution is -0.110. The number of rotatable bonds is 7. The van der Waals surface area contributed by atoms with Gasteiger partial charge in [-0.15, -0.1) is 0 Å². The molecule has 0 saturated carbocycles. The van der Waals surface area contributed by atoms with E-state index in [2.05, 4.69) is 31.1 Å². The molecule has 1 aliphatic heterocycles. The van der Waals surface area contributed by atoms with Gasteiger partial charge in [0.25, 0.3) is 17.7 Å². The molecular weight excluding hydrogens is 480 g/mol. The van der Waals surface area contributed by atoms with Crippen molar-refractivity contribution in [2.24, 2.45) is 0 Å². The Morgan fingerprint density at radius 3 is 2.58 bits per heavy atom. The van der Waals surface area contributed by atoms with Gasteiger partial charge in [-0.3, -0.25) is 19.5 Å². The van der Waals surface area contributed by atoms with Gasteiger partial charge in [-0.05, 0) is 62.2 Å². The predicted octanol–water partition coefficient (Wildman–Crippen LogP) is 4.27. The lowest BCUT2D eigenvalue weighted by Gasteiger charge is -2.14. The first-order chi connectivity index (χ1) is 18.3. The number of carbonyl (C=O) groups is 3. The quantitative estimate of drug-likeness (QED) is 0.239. The van der Waals surface area contributed by atoms with Crippen molar-refractivity contribution >= 4 is 35.1 Å². The third kappa shape index (κ3) is 4.86. The summed E-state index contributed by atoms with van der Waals surface area (Å²) in [6, 6.07) is 16.5. The Balaban J connectivity index is 1.39. The summed E-state index contributed by atoms with van der Waals surface area (Å²) in [7, 11) is 0. The van der Waals surface area contributed by atoms with Gasteiger partial charge in [-0.2, -0.15) is 5.10 Å². The molecule has 0 aliphatic carbocycles. The molecule has 0 spiro atoms. The fraction of sp³-hybridized carbons (Fsp3) is 0.172. The van der Waals surface area contributed by atoms with Crippen LogP contribution < -0.4 is 16.0 Å². The zero-order valence-electron chi connectivity index (χ0n) is 21.3. The van der Waals surface area contributed by atoms with Gasteiger partial charge in [0, 0.05) is 34.4 Å². The molecule has 9 heteroatoms. The smallest absolute Gasteiger partial charge is 0.256 e. The van der Waals surface area contributed by atoms with Crippen LogP contribution in [0, 0.1) is 13.8 Å². The molecule has 4 aromatic rings.